The number of thiazole rings is 1. The van der Waals surface area contributed by atoms with Crippen LogP contribution in [0, 0.1) is 11.8 Å². The maximum Gasteiger partial charge on any atom is 0.279 e. The molecule has 0 N–H and O–H groups in total. The second-order valence-corrected chi connectivity index (χ2v) is 14.4. The highest BCUT2D eigenvalue weighted by atomic mass is 32.2. The molecule has 0 spiro atoms. The Morgan fingerprint density at radius 3 is 2.25 bits per heavy atom. The minimum atomic E-state index is -3.65. The fraction of sp³-hybridized carbons (Fsp3) is 0.360. The van der Waals surface area contributed by atoms with Gasteiger partial charge in [-0.25, -0.2) is 16.8 Å². The van der Waals surface area contributed by atoms with E-state index in [1.807, 2.05) is 0 Å². The molecular formula is C25H29N3O5S3. The average Bonchev–Trinajstić information content (AvgIpc) is 3.14. The van der Waals surface area contributed by atoms with Crippen molar-refractivity contribution >= 4 is 47.3 Å². The number of aromatic nitrogens is 1. The van der Waals surface area contributed by atoms with E-state index < -0.39 is 25.8 Å². The van der Waals surface area contributed by atoms with Crippen molar-refractivity contribution in [3.8, 4) is 0 Å². The standard InChI is InChI=1S/C25H29N3O5S3/c1-5-12-28-22-11-10-21(35(4,30)31)14-23(22)34-25(28)26-24(29)19-6-8-20(9-7-19)36(32,33)27-15-17(2)13-18(3)16-27/h5-11,14,17-18H,1,12-13,15-16H2,2-4H3. The zero-order valence-corrected chi connectivity index (χ0v) is 22.9. The van der Waals surface area contributed by atoms with Crippen molar-refractivity contribution in [2.24, 2.45) is 16.8 Å². The highest BCUT2D eigenvalue weighted by Gasteiger charge is 2.31. The summed E-state index contributed by atoms with van der Waals surface area (Å²) in [6.45, 7) is 9.22. The van der Waals surface area contributed by atoms with Crippen molar-refractivity contribution in [2.75, 3.05) is 19.3 Å². The molecule has 1 saturated heterocycles. The largest absolute Gasteiger partial charge is 0.312 e. The lowest BCUT2D eigenvalue weighted by Gasteiger charge is -2.34. The number of sulfone groups is 1. The summed E-state index contributed by atoms with van der Waals surface area (Å²) in [7, 11) is -7.03. The molecule has 0 radical (unpaired) electrons. The van der Waals surface area contributed by atoms with E-state index in [0.717, 1.165) is 18.2 Å². The first-order valence-electron chi connectivity index (χ1n) is 11.5. The second kappa shape index (κ2) is 10.0. The van der Waals surface area contributed by atoms with Gasteiger partial charge < -0.3 is 4.57 Å². The topological polar surface area (TPSA) is 106 Å². The van der Waals surface area contributed by atoms with Gasteiger partial charge in [-0.2, -0.15) is 9.30 Å². The number of amides is 1. The lowest BCUT2D eigenvalue weighted by molar-refractivity contribution is 0.0997. The molecule has 1 aliphatic heterocycles. The smallest absolute Gasteiger partial charge is 0.279 e. The van der Waals surface area contributed by atoms with Gasteiger partial charge >= 0.3 is 0 Å². The number of fused-ring (bicyclic) bond motifs is 1. The first-order valence-corrected chi connectivity index (χ1v) is 15.7. The Morgan fingerprint density at radius 1 is 1.06 bits per heavy atom. The number of hydrogen-bond acceptors (Lipinski definition) is 6. The maximum atomic E-state index is 13.1. The molecule has 0 aliphatic carbocycles. The molecule has 11 heteroatoms. The summed E-state index contributed by atoms with van der Waals surface area (Å²) in [5, 5.41) is 0. The Labute approximate surface area is 215 Å². The number of piperidine rings is 1. The highest BCUT2D eigenvalue weighted by molar-refractivity contribution is 7.90. The van der Waals surface area contributed by atoms with Gasteiger partial charge in [0, 0.05) is 31.5 Å². The van der Waals surface area contributed by atoms with Crippen LogP contribution in [0.4, 0.5) is 0 Å². The molecule has 8 nitrogen and oxygen atoms in total. The molecule has 3 aromatic rings. The number of allylic oxidation sites excluding steroid dienone is 1. The number of nitrogens with zero attached hydrogens (tertiary/aromatic N) is 3. The van der Waals surface area contributed by atoms with Crippen LogP contribution in [0.15, 0.2) is 69.9 Å². The number of carbonyl (C=O) groups is 1. The van der Waals surface area contributed by atoms with Crippen LogP contribution in [0.2, 0.25) is 0 Å². The van der Waals surface area contributed by atoms with Crippen molar-refractivity contribution in [1.29, 1.82) is 0 Å². The van der Waals surface area contributed by atoms with Gasteiger partial charge in [-0.3, -0.25) is 4.79 Å². The van der Waals surface area contributed by atoms with Crippen LogP contribution in [0.1, 0.15) is 30.6 Å². The van der Waals surface area contributed by atoms with Gasteiger partial charge in [-0.15, -0.1) is 6.58 Å². The summed E-state index contributed by atoms with van der Waals surface area (Å²) in [6.07, 6.45) is 3.81. The van der Waals surface area contributed by atoms with Crippen LogP contribution in [0.25, 0.3) is 10.2 Å². The Hall–Kier alpha value is -2.60. The van der Waals surface area contributed by atoms with Crippen molar-refractivity contribution in [1.82, 2.24) is 8.87 Å². The number of rotatable bonds is 6. The van der Waals surface area contributed by atoms with E-state index in [1.54, 1.807) is 22.8 Å². The number of sulfonamides is 1. The van der Waals surface area contributed by atoms with Gasteiger partial charge in [-0.1, -0.05) is 31.3 Å². The molecule has 2 aromatic carbocycles. The third-order valence-corrected chi connectivity index (χ3v) is 10.2. The maximum absolute atomic E-state index is 13.1. The van der Waals surface area contributed by atoms with Gasteiger partial charge in [-0.05, 0) is 60.7 Å². The fourth-order valence-corrected chi connectivity index (χ4v) is 8.03. The fourth-order valence-electron chi connectivity index (χ4n) is 4.55. The Bertz CT molecular complexity index is 1590. The van der Waals surface area contributed by atoms with Gasteiger partial charge in [0.1, 0.15) is 0 Å². The molecule has 1 aromatic heterocycles. The summed E-state index contributed by atoms with van der Waals surface area (Å²) in [5.41, 5.74) is 0.999. The first-order chi connectivity index (χ1) is 16.9. The van der Waals surface area contributed by atoms with E-state index in [1.165, 1.54) is 46.0 Å². The normalized spacial score (nSPS) is 20.0. The summed E-state index contributed by atoms with van der Waals surface area (Å²) >= 11 is 1.20. The molecule has 2 unspecified atom stereocenters. The van der Waals surface area contributed by atoms with Gasteiger partial charge in [0.2, 0.25) is 10.0 Å². The molecular weight excluding hydrogens is 518 g/mol. The quantitative estimate of drug-likeness (QED) is 0.438. The van der Waals surface area contributed by atoms with E-state index in [0.29, 0.717) is 41.0 Å². The zero-order valence-electron chi connectivity index (χ0n) is 20.4. The van der Waals surface area contributed by atoms with Gasteiger partial charge in [0.15, 0.2) is 14.6 Å². The molecule has 2 atom stereocenters. The zero-order chi connectivity index (χ0) is 26.3. The van der Waals surface area contributed by atoms with Crippen LogP contribution in [-0.4, -0.2) is 51.0 Å². The lowest BCUT2D eigenvalue weighted by atomic mass is 9.94. The number of benzene rings is 2. The third-order valence-electron chi connectivity index (χ3n) is 6.17. The van der Waals surface area contributed by atoms with E-state index >= 15 is 0 Å². The van der Waals surface area contributed by atoms with Crippen molar-refractivity contribution in [3.63, 3.8) is 0 Å². The molecule has 0 saturated carbocycles. The molecule has 0 bridgehead atoms. The number of carbonyl (C=O) groups excluding carboxylic acids is 1. The van der Waals surface area contributed by atoms with Crippen LogP contribution >= 0.6 is 11.3 Å². The van der Waals surface area contributed by atoms with Crippen molar-refractivity contribution in [3.05, 3.63) is 65.5 Å². The van der Waals surface area contributed by atoms with Crippen LogP contribution < -0.4 is 4.80 Å². The minimum absolute atomic E-state index is 0.150. The second-order valence-electron chi connectivity index (χ2n) is 9.40. The van der Waals surface area contributed by atoms with E-state index in [-0.39, 0.29) is 15.4 Å². The summed E-state index contributed by atoms with van der Waals surface area (Å²) in [5.74, 6) is 0.0624. The van der Waals surface area contributed by atoms with Crippen LogP contribution in [-0.2, 0) is 26.4 Å². The van der Waals surface area contributed by atoms with Gasteiger partial charge in [0.05, 0.1) is 20.0 Å². The summed E-state index contributed by atoms with van der Waals surface area (Å²) in [4.78, 5) is 18.0. The summed E-state index contributed by atoms with van der Waals surface area (Å²) < 4.78 is 54.1. The molecule has 36 heavy (non-hydrogen) atoms. The Balaban J connectivity index is 1.67. The monoisotopic (exact) mass is 547 g/mol. The van der Waals surface area contributed by atoms with E-state index in [2.05, 4.69) is 25.4 Å². The minimum Gasteiger partial charge on any atom is -0.312 e. The first kappa shape index (κ1) is 26.5. The highest BCUT2D eigenvalue weighted by Crippen LogP contribution is 2.27. The molecule has 2 heterocycles. The SMILES string of the molecule is C=CCn1c(=NC(=O)c2ccc(S(=O)(=O)N3CC(C)CC(C)C3)cc2)sc2cc(S(C)(=O)=O)ccc21. The predicted molar refractivity (Wildman–Crippen MR) is 141 cm³/mol. The number of hydrogen-bond donors (Lipinski definition) is 0. The molecule has 1 amide bonds. The van der Waals surface area contributed by atoms with E-state index in [4.69, 9.17) is 0 Å². The van der Waals surface area contributed by atoms with Gasteiger partial charge in [0.25, 0.3) is 5.91 Å². The molecule has 4 rings (SSSR count). The predicted octanol–water partition coefficient (Wildman–Crippen LogP) is 3.70. The average molecular weight is 548 g/mol. The molecule has 1 aliphatic rings. The third kappa shape index (κ3) is 5.39. The van der Waals surface area contributed by atoms with Crippen molar-refractivity contribution in [2.45, 2.75) is 36.6 Å². The van der Waals surface area contributed by atoms with Crippen LogP contribution in [0.3, 0.4) is 0 Å². The Morgan fingerprint density at radius 2 is 1.67 bits per heavy atom. The summed E-state index contributed by atoms with van der Waals surface area (Å²) in [6, 6.07) is 10.6. The molecule has 192 valence electrons. The lowest BCUT2D eigenvalue weighted by Crippen LogP contribution is -2.42. The Kier molecular flexibility index (Phi) is 7.38. The molecule has 1 fully saturated rings. The van der Waals surface area contributed by atoms with E-state index in [9.17, 15) is 21.6 Å². The van der Waals surface area contributed by atoms with Crippen LogP contribution in [0.5, 0.6) is 0 Å². The van der Waals surface area contributed by atoms with Crippen molar-refractivity contribution < 1.29 is 21.6 Å².